The zero-order valence-electron chi connectivity index (χ0n) is 12.5. The van der Waals surface area contributed by atoms with Crippen LogP contribution < -0.4 is 13.7 Å². The van der Waals surface area contributed by atoms with Gasteiger partial charge in [-0.05, 0) is 26.8 Å². The van der Waals surface area contributed by atoms with Crippen molar-refractivity contribution < 1.29 is 32.1 Å². The zero-order valence-corrected chi connectivity index (χ0v) is 13.3. The summed E-state index contributed by atoms with van der Waals surface area (Å²) < 4.78 is 32.5. The Morgan fingerprint density at radius 2 is 1.95 bits per heavy atom. The van der Waals surface area contributed by atoms with E-state index in [0.29, 0.717) is 0 Å². The Hall–Kier alpha value is -1.55. The lowest BCUT2D eigenvalue weighted by Gasteiger charge is -2.23. The molecule has 0 amide bonds. The quantitative estimate of drug-likeness (QED) is 0.621. The van der Waals surface area contributed by atoms with Gasteiger partial charge in [0.15, 0.2) is 17.2 Å². The minimum absolute atomic E-state index is 0.106. The highest BCUT2D eigenvalue weighted by molar-refractivity contribution is 7.82. The van der Waals surface area contributed by atoms with Crippen LogP contribution in [0.4, 0.5) is 0 Å². The molecule has 8 nitrogen and oxygen atoms in total. The summed E-state index contributed by atoms with van der Waals surface area (Å²) in [6.45, 7) is 5.17. The van der Waals surface area contributed by atoms with Crippen LogP contribution in [-0.4, -0.2) is 35.8 Å². The Morgan fingerprint density at radius 1 is 1.32 bits per heavy atom. The maximum Gasteiger partial charge on any atom is 0.501 e. The van der Waals surface area contributed by atoms with E-state index < -0.39 is 34.6 Å². The van der Waals surface area contributed by atoms with Crippen LogP contribution in [0.5, 0.6) is 17.2 Å². The van der Waals surface area contributed by atoms with E-state index in [4.69, 9.17) is 4.18 Å². The first-order valence-corrected chi connectivity index (χ1v) is 7.94. The largest absolute Gasteiger partial charge is 0.504 e. The van der Waals surface area contributed by atoms with Crippen LogP contribution in [0.3, 0.4) is 0 Å². The van der Waals surface area contributed by atoms with Gasteiger partial charge in [0.25, 0.3) is 0 Å². The summed E-state index contributed by atoms with van der Waals surface area (Å²) in [6.07, 6.45) is -1.12. The van der Waals surface area contributed by atoms with Gasteiger partial charge in [-0.1, -0.05) is 0 Å². The average Bonchev–Trinajstić information content (AvgIpc) is 2.57. The zero-order chi connectivity index (χ0) is 16.7. The van der Waals surface area contributed by atoms with Gasteiger partial charge in [0.2, 0.25) is 0 Å². The number of aliphatic hydroxyl groups is 2. The number of fused-ring (bicyclic) bond motifs is 4. The molecule has 1 atom stereocenters. The lowest BCUT2D eigenvalue weighted by Crippen LogP contribution is -2.38. The van der Waals surface area contributed by atoms with Crippen LogP contribution in [-0.2, 0) is 17.0 Å². The van der Waals surface area contributed by atoms with Gasteiger partial charge in [0.1, 0.15) is 0 Å². The summed E-state index contributed by atoms with van der Waals surface area (Å²) in [4.78, 5) is 0. The van der Waals surface area contributed by atoms with Crippen LogP contribution in [0.1, 0.15) is 38.0 Å². The molecule has 2 bridgehead atoms. The second kappa shape index (κ2) is 5.58. The summed E-state index contributed by atoms with van der Waals surface area (Å²) >= 11 is 0. The minimum atomic E-state index is -4.41. The highest BCUT2D eigenvalue weighted by atomic mass is 32.3. The third-order valence-electron chi connectivity index (χ3n) is 3.06. The molecule has 4 N–H and O–H groups in total. The second-order valence-electron chi connectivity index (χ2n) is 6.00. The molecule has 1 aromatic carbocycles. The second-order valence-corrected chi connectivity index (χ2v) is 7.15. The van der Waals surface area contributed by atoms with Gasteiger partial charge in [-0.15, -0.1) is 8.42 Å². The number of phenols is 1. The van der Waals surface area contributed by atoms with Crippen molar-refractivity contribution in [1.82, 2.24) is 5.32 Å². The Labute approximate surface area is 128 Å². The molecule has 1 aromatic rings. The number of β-amino-alcohol motifs (C(OH)–C–C–N with tert-alkyl or cyclic N) is 1. The normalized spacial score (nSPS) is 17.5. The van der Waals surface area contributed by atoms with E-state index in [9.17, 15) is 23.7 Å². The molecule has 1 unspecified atom stereocenters. The summed E-state index contributed by atoms with van der Waals surface area (Å²) in [5, 5.41) is 32.5. The molecular weight excluding hydrogens is 314 g/mol. The fraction of sp³-hybridized carbons (Fsp3) is 0.538. The van der Waals surface area contributed by atoms with Gasteiger partial charge < -0.3 is 29.0 Å². The summed E-state index contributed by atoms with van der Waals surface area (Å²) in [5.74, 6) is -1.24. The smallest absolute Gasteiger partial charge is 0.501 e. The van der Waals surface area contributed by atoms with Gasteiger partial charge in [-0.25, -0.2) is 0 Å². The topological polar surface area (TPSA) is 125 Å². The van der Waals surface area contributed by atoms with Gasteiger partial charge in [0.05, 0.1) is 18.3 Å². The summed E-state index contributed by atoms with van der Waals surface area (Å²) in [5.41, 5.74) is -0.303. The maximum atomic E-state index is 11.6. The fourth-order valence-corrected chi connectivity index (χ4v) is 2.79. The van der Waals surface area contributed by atoms with E-state index >= 15 is 0 Å². The number of benzene rings is 1. The molecule has 22 heavy (non-hydrogen) atoms. The molecular formula is C13H19NO7S. The van der Waals surface area contributed by atoms with E-state index in [2.05, 4.69) is 9.50 Å². The molecule has 9 heteroatoms. The van der Waals surface area contributed by atoms with Crippen molar-refractivity contribution in [2.24, 2.45) is 0 Å². The summed E-state index contributed by atoms with van der Waals surface area (Å²) in [7, 11) is -4.41. The van der Waals surface area contributed by atoms with Gasteiger partial charge >= 0.3 is 10.4 Å². The van der Waals surface area contributed by atoms with Gasteiger partial charge in [-0.3, -0.25) is 0 Å². The number of aromatic hydroxyl groups is 1. The first kappa shape index (κ1) is 16.8. The van der Waals surface area contributed by atoms with Crippen LogP contribution >= 0.6 is 0 Å². The van der Waals surface area contributed by atoms with Gasteiger partial charge in [0, 0.05) is 17.6 Å². The Bertz CT molecular complexity index is 679. The van der Waals surface area contributed by atoms with Crippen LogP contribution in [0.25, 0.3) is 0 Å². The van der Waals surface area contributed by atoms with Crippen molar-refractivity contribution in [3.05, 3.63) is 17.2 Å². The monoisotopic (exact) mass is 333 g/mol. The van der Waals surface area contributed by atoms with Crippen molar-refractivity contribution in [3.8, 4) is 17.2 Å². The third kappa shape index (κ3) is 3.43. The highest BCUT2D eigenvalue weighted by Gasteiger charge is 2.34. The Balaban J connectivity index is 2.45. The SMILES string of the molecule is CC(C)(C)NCC(O)c1cc2c(O)c(CO)c1OS(=O)(=O)O2. The van der Waals surface area contributed by atoms with Crippen molar-refractivity contribution in [1.29, 1.82) is 0 Å². The molecule has 0 aromatic heterocycles. The third-order valence-corrected chi connectivity index (χ3v) is 3.82. The molecule has 124 valence electrons. The average molecular weight is 333 g/mol. The first-order chi connectivity index (χ1) is 10.0. The molecule has 3 rings (SSSR count). The minimum Gasteiger partial charge on any atom is -0.504 e. The molecule has 0 saturated carbocycles. The van der Waals surface area contributed by atoms with Gasteiger partial charge in [-0.2, -0.15) is 0 Å². The maximum absolute atomic E-state index is 11.6. The molecule has 0 fully saturated rings. The molecule has 0 spiro atoms. The van der Waals surface area contributed by atoms with Crippen LogP contribution in [0.15, 0.2) is 6.07 Å². The number of aliphatic hydroxyl groups excluding tert-OH is 2. The number of hydrogen-bond donors (Lipinski definition) is 4. The number of rotatable bonds is 4. The highest BCUT2D eigenvalue weighted by Crippen LogP contribution is 2.45. The molecule has 2 heterocycles. The molecule has 0 saturated heterocycles. The number of nitrogens with one attached hydrogen (secondary N) is 1. The molecule has 0 radical (unpaired) electrons. The fourth-order valence-electron chi connectivity index (χ4n) is 2.00. The van der Waals surface area contributed by atoms with E-state index in [-0.39, 0.29) is 29.0 Å². The van der Waals surface area contributed by atoms with Crippen molar-refractivity contribution in [2.75, 3.05) is 6.54 Å². The van der Waals surface area contributed by atoms with Crippen LogP contribution in [0, 0.1) is 0 Å². The van der Waals surface area contributed by atoms with Crippen molar-refractivity contribution >= 4 is 10.4 Å². The lowest BCUT2D eigenvalue weighted by atomic mass is 10.0. The standard InChI is InChI=1S/C13H19NO7S/c1-13(2,3)14-5-9(16)7-4-10-11(17)8(6-15)12(7)21-22(18,19)20-10/h4,9,14-17H,5-6H2,1-3H3. The molecule has 2 aliphatic rings. The Morgan fingerprint density at radius 3 is 2.50 bits per heavy atom. The van der Waals surface area contributed by atoms with E-state index in [1.165, 1.54) is 6.07 Å². The lowest BCUT2D eigenvalue weighted by molar-refractivity contribution is 0.161. The number of hydrogen-bond acceptors (Lipinski definition) is 8. The molecule has 0 aliphatic carbocycles. The predicted molar refractivity (Wildman–Crippen MR) is 76.9 cm³/mol. The van der Waals surface area contributed by atoms with Crippen molar-refractivity contribution in [3.63, 3.8) is 0 Å². The van der Waals surface area contributed by atoms with Crippen molar-refractivity contribution in [2.45, 2.75) is 39.0 Å². The van der Waals surface area contributed by atoms with E-state index in [0.717, 1.165) is 0 Å². The van der Waals surface area contributed by atoms with Crippen LogP contribution in [0.2, 0.25) is 0 Å². The predicted octanol–water partition coefficient (Wildman–Crippen LogP) is 0.322. The Kier molecular flexibility index (Phi) is 4.26. The summed E-state index contributed by atoms with van der Waals surface area (Å²) in [6, 6.07) is 1.18. The van der Waals surface area contributed by atoms with E-state index in [1.807, 2.05) is 20.8 Å². The first-order valence-electron chi connectivity index (χ1n) is 6.60. The van der Waals surface area contributed by atoms with E-state index in [1.54, 1.807) is 0 Å². The molecule has 2 aliphatic heterocycles.